The largest absolute Gasteiger partial charge is 0.382 e. The van der Waals surface area contributed by atoms with Crippen molar-refractivity contribution in [2.75, 3.05) is 11.9 Å². The van der Waals surface area contributed by atoms with Gasteiger partial charge in [-0.25, -0.2) is 4.98 Å². The Morgan fingerprint density at radius 1 is 1.21 bits per heavy atom. The molecule has 5 heteroatoms. The molecule has 0 aliphatic heterocycles. The Hall–Kier alpha value is -1.33. The van der Waals surface area contributed by atoms with Gasteiger partial charge in [-0.15, -0.1) is 0 Å². The van der Waals surface area contributed by atoms with Gasteiger partial charge in [-0.3, -0.25) is 0 Å². The van der Waals surface area contributed by atoms with Gasteiger partial charge in [0.2, 0.25) is 0 Å². The molecule has 1 fully saturated rings. The molecule has 24 heavy (non-hydrogen) atoms. The van der Waals surface area contributed by atoms with Crippen LogP contribution in [0.2, 0.25) is 25.7 Å². The minimum Gasteiger partial charge on any atom is -0.382 e. The highest BCUT2D eigenvalue weighted by atomic mass is 28.3. The summed E-state index contributed by atoms with van der Waals surface area (Å²) in [5, 5.41) is 4.94. The first kappa shape index (κ1) is 17.5. The zero-order valence-corrected chi connectivity index (χ0v) is 16.3. The average Bonchev–Trinajstić information content (AvgIpc) is 2.96. The Balaban J connectivity index is 1.65. The van der Waals surface area contributed by atoms with E-state index in [1.54, 1.807) is 0 Å². The molecule has 0 amide bonds. The van der Waals surface area contributed by atoms with Crippen molar-refractivity contribution in [3.63, 3.8) is 0 Å². The highest BCUT2D eigenvalue weighted by Gasteiger charge is 2.15. The summed E-state index contributed by atoms with van der Waals surface area (Å²) in [6.07, 6.45) is 10.6. The highest BCUT2D eigenvalue weighted by Crippen LogP contribution is 2.27. The Bertz CT molecular complexity index is 656. The fraction of sp³-hybridized carbons (Fsp3) is 0.632. The van der Waals surface area contributed by atoms with Gasteiger partial charge in [0.15, 0.2) is 0 Å². The van der Waals surface area contributed by atoms with Gasteiger partial charge >= 0.3 is 0 Å². The second kappa shape index (κ2) is 7.70. The van der Waals surface area contributed by atoms with Crippen molar-refractivity contribution in [1.82, 2.24) is 9.55 Å². The van der Waals surface area contributed by atoms with E-state index in [1.807, 2.05) is 6.20 Å². The Morgan fingerprint density at radius 3 is 2.75 bits per heavy atom. The molecule has 1 aliphatic carbocycles. The maximum Gasteiger partial charge on any atom is 0.143 e. The molecule has 2 heterocycles. The summed E-state index contributed by atoms with van der Waals surface area (Å²) in [6, 6.07) is 6.08. The van der Waals surface area contributed by atoms with Crippen LogP contribution in [0.25, 0.3) is 11.0 Å². The van der Waals surface area contributed by atoms with Crippen molar-refractivity contribution in [3.8, 4) is 0 Å². The smallest absolute Gasteiger partial charge is 0.143 e. The number of fused-ring (bicyclic) bond motifs is 1. The number of hydrogen-bond acceptors (Lipinski definition) is 3. The van der Waals surface area contributed by atoms with Gasteiger partial charge in [0.1, 0.15) is 12.4 Å². The van der Waals surface area contributed by atoms with E-state index in [1.165, 1.54) is 49.2 Å². The van der Waals surface area contributed by atoms with E-state index in [2.05, 4.69) is 52.8 Å². The molecule has 0 unspecified atom stereocenters. The van der Waals surface area contributed by atoms with Crippen LogP contribution in [0.1, 0.15) is 32.1 Å². The molecule has 0 aromatic carbocycles. The van der Waals surface area contributed by atoms with Crippen molar-refractivity contribution < 1.29 is 4.74 Å². The number of hydrogen-bond donors (Lipinski definition) is 1. The van der Waals surface area contributed by atoms with Gasteiger partial charge in [0.25, 0.3) is 0 Å². The van der Waals surface area contributed by atoms with Crippen molar-refractivity contribution in [1.29, 1.82) is 0 Å². The third kappa shape index (κ3) is 4.60. The Kier molecular flexibility index (Phi) is 5.61. The molecule has 4 nitrogen and oxygen atoms in total. The number of nitrogens with zero attached hydrogens (tertiary/aromatic N) is 2. The highest BCUT2D eigenvalue weighted by molar-refractivity contribution is 6.76. The molecule has 0 saturated heterocycles. The molecule has 1 saturated carbocycles. The zero-order chi connectivity index (χ0) is 17.0. The standard InChI is InChI=1S/C19H31N3OSi/c1-24(2,3)14-13-23-15-22-12-10-17-18(9-11-20-19(17)22)21-16-7-5-4-6-8-16/h9-12,16H,4-8,13-15H2,1-3H3,(H,20,21). The van der Waals surface area contributed by atoms with Crippen molar-refractivity contribution in [2.24, 2.45) is 0 Å². The first-order valence-corrected chi connectivity index (χ1v) is 13.0. The normalized spacial score (nSPS) is 16.6. The SMILES string of the molecule is C[Si](C)(C)CCOCn1ccc2c(NC3CCCCC3)ccnc21. The molecule has 1 aliphatic rings. The molecule has 0 spiro atoms. The van der Waals surface area contributed by atoms with Crippen LogP contribution in [0.5, 0.6) is 0 Å². The number of ether oxygens (including phenoxy) is 1. The lowest BCUT2D eigenvalue weighted by atomic mass is 9.95. The molecular weight excluding hydrogens is 314 g/mol. The molecule has 0 radical (unpaired) electrons. The summed E-state index contributed by atoms with van der Waals surface area (Å²) in [7, 11) is -1.03. The second-order valence-electron chi connectivity index (χ2n) is 8.21. The minimum absolute atomic E-state index is 0.591. The lowest BCUT2D eigenvalue weighted by Gasteiger charge is -2.24. The van der Waals surface area contributed by atoms with Crippen molar-refractivity contribution in [3.05, 3.63) is 24.5 Å². The van der Waals surface area contributed by atoms with Gasteiger partial charge in [0, 0.05) is 44.2 Å². The molecule has 0 atom stereocenters. The lowest BCUT2D eigenvalue weighted by molar-refractivity contribution is 0.0899. The van der Waals surface area contributed by atoms with Crippen LogP contribution in [-0.4, -0.2) is 30.3 Å². The molecule has 132 valence electrons. The summed E-state index contributed by atoms with van der Waals surface area (Å²) in [5.74, 6) is 0. The summed E-state index contributed by atoms with van der Waals surface area (Å²) < 4.78 is 8.01. The van der Waals surface area contributed by atoms with Gasteiger partial charge in [-0.2, -0.15) is 0 Å². The van der Waals surface area contributed by atoms with Crippen LogP contribution in [-0.2, 0) is 11.5 Å². The van der Waals surface area contributed by atoms with Crippen molar-refractivity contribution >= 4 is 24.8 Å². The van der Waals surface area contributed by atoms with Crippen LogP contribution in [0, 0.1) is 0 Å². The Morgan fingerprint density at radius 2 is 2.00 bits per heavy atom. The van der Waals surface area contributed by atoms with E-state index in [-0.39, 0.29) is 0 Å². The molecule has 2 aromatic heterocycles. The van der Waals surface area contributed by atoms with Crippen LogP contribution >= 0.6 is 0 Å². The average molecular weight is 346 g/mol. The molecule has 0 bridgehead atoms. The topological polar surface area (TPSA) is 39.1 Å². The third-order valence-electron chi connectivity index (χ3n) is 4.85. The number of aromatic nitrogens is 2. The molecule has 1 N–H and O–H groups in total. The first-order valence-electron chi connectivity index (χ1n) is 9.31. The summed E-state index contributed by atoms with van der Waals surface area (Å²) in [5.41, 5.74) is 2.23. The van der Waals surface area contributed by atoms with Gasteiger partial charge in [-0.1, -0.05) is 38.9 Å². The number of nitrogens with one attached hydrogen (secondary N) is 1. The second-order valence-corrected chi connectivity index (χ2v) is 13.8. The molecule has 3 rings (SSSR count). The van der Waals surface area contributed by atoms with Gasteiger partial charge in [0.05, 0.1) is 0 Å². The lowest BCUT2D eigenvalue weighted by Crippen LogP contribution is -2.22. The molecule has 2 aromatic rings. The fourth-order valence-corrected chi connectivity index (χ4v) is 4.09. The van der Waals surface area contributed by atoms with Crippen LogP contribution < -0.4 is 5.32 Å². The van der Waals surface area contributed by atoms with E-state index < -0.39 is 8.07 Å². The summed E-state index contributed by atoms with van der Waals surface area (Å²) >= 11 is 0. The van der Waals surface area contributed by atoms with Crippen molar-refractivity contribution in [2.45, 2.75) is 70.6 Å². The number of pyridine rings is 1. The van der Waals surface area contributed by atoms with E-state index in [4.69, 9.17) is 4.74 Å². The quantitative estimate of drug-likeness (QED) is 0.561. The predicted octanol–water partition coefficient (Wildman–Crippen LogP) is 5.09. The molecular formula is C19H31N3OSi. The maximum absolute atomic E-state index is 5.89. The van der Waals surface area contributed by atoms with E-state index in [0.29, 0.717) is 12.8 Å². The fourth-order valence-electron chi connectivity index (χ4n) is 3.33. The first-order chi connectivity index (χ1) is 11.5. The van der Waals surface area contributed by atoms with Gasteiger partial charge < -0.3 is 14.6 Å². The summed E-state index contributed by atoms with van der Waals surface area (Å²) in [6.45, 7) is 8.58. The third-order valence-corrected chi connectivity index (χ3v) is 6.56. The van der Waals surface area contributed by atoms with E-state index >= 15 is 0 Å². The zero-order valence-electron chi connectivity index (χ0n) is 15.3. The number of rotatable bonds is 7. The van der Waals surface area contributed by atoms with Gasteiger partial charge in [-0.05, 0) is 31.0 Å². The van der Waals surface area contributed by atoms with Crippen LogP contribution in [0.3, 0.4) is 0 Å². The van der Waals surface area contributed by atoms with E-state index in [0.717, 1.165) is 12.3 Å². The van der Waals surface area contributed by atoms with Crippen LogP contribution in [0.15, 0.2) is 24.5 Å². The number of anilines is 1. The minimum atomic E-state index is -1.03. The maximum atomic E-state index is 5.89. The summed E-state index contributed by atoms with van der Waals surface area (Å²) in [4.78, 5) is 4.57. The predicted molar refractivity (Wildman–Crippen MR) is 104 cm³/mol. The van der Waals surface area contributed by atoms with Crippen LogP contribution in [0.4, 0.5) is 5.69 Å². The Labute approximate surface area is 146 Å². The van der Waals surface area contributed by atoms with E-state index in [9.17, 15) is 0 Å². The monoisotopic (exact) mass is 345 g/mol.